The highest BCUT2D eigenvalue weighted by atomic mass is 16.6. The quantitative estimate of drug-likeness (QED) is 0.0590. The minimum Gasteiger partial charge on any atom is -0.464 e. The van der Waals surface area contributed by atoms with Crippen LogP contribution in [-0.4, -0.2) is 119 Å². The predicted molar refractivity (Wildman–Crippen MR) is 262 cm³/mol. The van der Waals surface area contributed by atoms with Gasteiger partial charge in [-0.1, -0.05) is 0 Å². The zero-order valence-corrected chi connectivity index (χ0v) is 41.4. The second-order valence-corrected chi connectivity index (χ2v) is 17.6. The van der Waals surface area contributed by atoms with Crippen LogP contribution in [0.25, 0.3) is 0 Å². The fourth-order valence-electron chi connectivity index (χ4n) is 7.36. The fourth-order valence-corrected chi connectivity index (χ4v) is 7.36. The third-order valence-corrected chi connectivity index (χ3v) is 10.7. The molecule has 0 saturated heterocycles. The van der Waals surface area contributed by atoms with E-state index >= 15 is 0 Å². The summed E-state index contributed by atoms with van der Waals surface area (Å²) < 4.78 is 24.0. The van der Waals surface area contributed by atoms with E-state index in [4.69, 9.17) is 14.2 Å². The van der Waals surface area contributed by atoms with Crippen LogP contribution < -0.4 is 31.9 Å². The molecule has 6 rings (SSSR count). The van der Waals surface area contributed by atoms with Gasteiger partial charge in [-0.25, -0.2) is 14.4 Å². The van der Waals surface area contributed by atoms with Crippen molar-refractivity contribution in [1.29, 1.82) is 0 Å². The van der Waals surface area contributed by atoms with Gasteiger partial charge in [0, 0.05) is 79.5 Å². The molecule has 0 radical (unpaired) electrons. The largest absolute Gasteiger partial charge is 0.464 e. The number of nitrogens with one attached hydrogen (secondary N) is 6. The minimum absolute atomic E-state index is 0.122. The highest BCUT2D eigenvalue weighted by molar-refractivity contribution is 6.09. The topological polar surface area (TPSA) is 286 Å². The molecule has 0 saturated carbocycles. The maximum atomic E-state index is 13.4. The number of esters is 2. The lowest BCUT2D eigenvalue weighted by Crippen LogP contribution is -2.45. The summed E-state index contributed by atoms with van der Waals surface area (Å²) in [5.74, 6) is -4.77. The maximum absolute atomic E-state index is 13.4. The van der Waals surface area contributed by atoms with Crippen LogP contribution in [0.3, 0.4) is 0 Å². The van der Waals surface area contributed by atoms with Gasteiger partial charge in [0.05, 0.1) is 48.3 Å². The average molecular weight is 994 g/mol. The number of aromatic nitrogens is 6. The second-order valence-electron chi connectivity index (χ2n) is 17.6. The van der Waals surface area contributed by atoms with E-state index in [-0.39, 0.29) is 56.9 Å². The van der Waals surface area contributed by atoms with E-state index in [1.807, 2.05) is 0 Å². The first-order chi connectivity index (χ1) is 33.8. The standard InChI is InChI=1S/C47H55N13O12/c1-47(2,3)72-46(69)60(24-38(61)48-26-12-32(54(4)18-26)40(63)50-28-14-34(56(6)20-28)42(65)52-30-16-36(44(67)70-10)58(8)22-30)25-39(62)49-27-13-33(55(5)19-27)41(64)51-29-15-35(57(7)21-29)43(66)53-31-17-37(45(68)71-11)59(9)23-31/h12-23H,24-25H2,1-11H3,(H,48,61)(H,49,62)(H,50,63)(H,51,64)(H,52,65)(H,53,66). The molecule has 0 atom stereocenters. The Kier molecular flexibility index (Phi) is 15.3. The molecule has 0 spiro atoms. The van der Waals surface area contributed by atoms with Crippen molar-refractivity contribution in [3.8, 4) is 0 Å². The molecule has 6 N–H and O–H groups in total. The number of carbonyl (C=O) groups is 9. The Morgan fingerprint density at radius 1 is 0.417 bits per heavy atom. The maximum Gasteiger partial charge on any atom is 0.411 e. The lowest BCUT2D eigenvalue weighted by molar-refractivity contribution is -0.120. The third-order valence-electron chi connectivity index (χ3n) is 10.7. The Labute approximate surface area is 411 Å². The summed E-state index contributed by atoms with van der Waals surface area (Å²) in [7, 11) is 12.1. The molecule has 25 heteroatoms. The fraction of sp³-hybridized carbons (Fsp3) is 0.298. The molecule has 6 aromatic heterocycles. The van der Waals surface area contributed by atoms with Crippen LogP contribution in [0.4, 0.5) is 38.9 Å². The molecule has 0 aliphatic carbocycles. The normalized spacial score (nSPS) is 11.0. The summed E-state index contributed by atoms with van der Waals surface area (Å²) in [4.78, 5) is 118. The van der Waals surface area contributed by atoms with Crippen molar-refractivity contribution in [3.63, 3.8) is 0 Å². The summed E-state index contributed by atoms with van der Waals surface area (Å²) in [5.41, 5.74) is 1.77. The van der Waals surface area contributed by atoms with E-state index in [0.717, 1.165) is 4.90 Å². The third kappa shape index (κ3) is 12.5. The molecule has 25 nitrogen and oxygen atoms in total. The van der Waals surface area contributed by atoms with Crippen molar-refractivity contribution >= 4 is 87.6 Å². The number of hydrogen-bond donors (Lipinski definition) is 6. The smallest absolute Gasteiger partial charge is 0.411 e. The van der Waals surface area contributed by atoms with E-state index in [1.165, 1.54) is 103 Å². The first-order valence-electron chi connectivity index (χ1n) is 21.8. The number of carbonyl (C=O) groups excluding carboxylic acids is 9. The second kappa shape index (κ2) is 21.1. The van der Waals surface area contributed by atoms with Crippen LogP contribution in [0.1, 0.15) is 83.7 Å². The van der Waals surface area contributed by atoms with E-state index in [2.05, 4.69) is 31.9 Å². The van der Waals surface area contributed by atoms with Gasteiger partial charge in [-0.15, -0.1) is 0 Å². The number of hydrogen-bond acceptors (Lipinski definition) is 12. The molecule has 0 aliphatic rings. The van der Waals surface area contributed by atoms with Crippen molar-refractivity contribution in [2.75, 3.05) is 59.2 Å². The lowest BCUT2D eigenvalue weighted by Gasteiger charge is -2.26. The van der Waals surface area contributed by atoms with Crippen LogP contribution in [0.2, 0.25) is 0 Å². The SMILES string of the molecule is COC(=O)c1cc(NC(=O)c2cc(NC(=O)c3cc(NC(=O)CN(CC(=O)Nc4cc(C(=O)Nc5cc(C(=O)Nc6cc(C(=O)OC)n(C)c6)n(C)c5)n(C)c4)C(=O)OC(C)(C)C)cn3C)cn2C)cn1C. The molecule has 72 heavy (non-hydrogen) atoms. The van der Waals surface area contributed by atoms with E-state index < -0.39 is 72.2 Å². The van der Waals surface area contributed by atoms with Gasteiger partial charge in [0.15, 0.2) is 0 Å². The number of nitrogens with zero attached hydrogens (tertiary/aromatic N) is 7. The monoisotopic (exact) mass is 993 g/mol. The Hall–Kier alpha value is -9.29. The Morgan fingerprint density at radius 2 is 0.653 bits per heavy atom. The number of methoxy groups -OCH3 is 2. The molecule has 0 unspecified atom stereocenters. The lowest BCUT2D eigenvalue weighted by atomic mass is 10.2. The van der Waals surface area contributed by atoms with Crippen molar-refractivity contribution in [2.45, 2.75) is 26.4 Å². The first kappa shape index (κ1) is 52.1. The zero-order chi connectivity index (χ0) is 52.9. The van der Waals surface area contributed by atoms with Crippen LogP contribution in [-0.2, 0) is 66.1 Å². The molecule has 7 amide bonds. The Morgan fingerprint density at radius 3 is 0.903 bits per heavy atom. The summed E-state index contributed by atoms with van der Waals surface area (Å²) in [6, 6.07) is 8.65. The van der Waals surface area contributed by atoms with Gasteiger partial charge >= 0.3 is 18.0 Å². The van der Waals surface area contributed by atoms with Gasteiger partial charge in [0.1, 0.15) is 52.9 Å². The molecule has 0 bridgehead atoms. The molecule has 6 heterocycles. The van der Waals surface area contributed by atoms with Gasteiger partial charge in [-0.3, -0.25) is 33.7 Å². The Balaban J connectivity index is 1.05. The van der Waals surface area contributed by atoms with Gasteiger partial charge in [-0.05, 0) is 57.2 Å². The highest BCUT2D eigenvalue weighted by Gasteiger charge is 2.28. The molecular weight excluding hydrogens is 939 g/mol. The van der Waals surface area contributed by atoms with Crippen LogP contribution >= 0.6 is 0 Å². The Bertz CT molecular complexity index is 2940. The van der Waals surface area contributed by atoms with Gasteiger partial charge in [0.2, 0.25) is 11.8 Å². The van der Waals surface area contributed by atoms with Crippen molar-refractivity contribution in [3.05, 3.63) is 108 Å². The summed E-state index contributed by atoms with van der Waals surface area (Å²) >= 11 is 0. The zero-order valence-electron chi connectivity index (χ0n) is 41.4. The summed E-state index contributed by atoms with van der Waals surface area (Å²) in [5, 5.41) is 16.2. The number of anilines is 6. The summed E-state index contributed by atoms with van der Waals surface area (Å²) in [6.07, 6.45) is 8.13. The van der Waals surface area contributed by atoms with E-state index in [0.29, 0.717) is 11.4 Å². The molecular formula is C47H55N13O12. The van der Waals surface area contributed by atoms with Gasteiger partial charge in [0.25, 0.3) is 23.6 Å². The van der Waals surface area contributed by atoms with Crippen LogP contribution in [0, 0.1) is 0 Å². The number of aryl methyl sites for hydroxylation is 6. The number of amides is 7. The molecule has 0 aliphatic heterocycles. The molecule has 0 aromatic carbocycles. The van der Waals surface area contributed by atoms with Crippen LogP contribution in [0.5, 0.6) is 0 Å². The first-order valence-corrected chi connectivity index (χ1v) is 21.8. The number of ether oxygens (including phenoxy) is 3. The van der Waals surface area contributed by atoms with E-state index in [9.17, 15) is 43.2 Å². The molecule has 6 aromatic rings. The van der Waals surface area contributed by atoms with Crippen LogP contribution in [0.15, 0.2) is 73.6 Å². The van der Waals surface area contributed by atoms with E-state index in [1.54, 1.807) is 75.5 Å². The van der Waals surface area contributed by atoms with Gasteiger partial charge < -0.3 is 73.5 Å². The average Bonchev–Trinajstić information content (AvgIpc) is 4.15. The van der Waals surface area contributed by atoms with Gasteiger partial charge in [-0.2, -0.15) is 0 Å². The summed E-state index contributed by atoms with van der Waals surface area (Å²) in [6.45, 7) is 3.58. The predicted octanol–water partition coefficient (Wildman–Crippen LogP) is 4.11. The highest BCUT2D eigenvalue weighted by Crippen LogP contribution is 2.23. The van der Waals surface area contributed by atoms with Crippen molar-refractivity contribution in [1.82, 2.24) is 32.3 Å². The molecule has 380 valence electrons. The van der Waals surface area contributed by atoms with Crippen molar-refractivity contribution < 1.29 is 57.4 Å². The minimum atomic E-state index is -0.992. The molecule has 0 fully saturated rings. The number of rotatable bonds is 16. The van der Waals surface area contributed by atoms with Crippen molar-refractivity contribution in [2.24, 2.45) is 42.3 Å².